The Morgan fingerprint density at radius 2 is 1.79 bits per heavy atom. The molecule has 0 aliphatic carbocycles. The van der Waals surface area contributed by atoms with Gasteiger partial charge in [-0.1, -0.05) is 57.2 Å². The first-order valence-electron chi connectivity index (χ1n) is 13.4. The van der Waals surface area contributed by atoms with Crippen LogP contribution in [0.25, 0.3) is 0 Å². The van der Waals surface area contributed by atoms with E-state index in [9.17, 15) is 9.90 Å². The summed E-state index contributed by atoms with van der Waals surface area (Å²) in [5.41, 5.74) is 3.88. The van der Waals surface area contributed by atoms with Crippen molar-refractivity contribution in [3.05, 3.63) is 83.0 Å². The van der Waals surface area contributed by atoms with Crippen LogP contribution in [0.3, 0.4) is 0 Å². The van der Waals surface area contributed by atoms with Gasteiger partial charge in [-0.15, -0.1) is 0 Å². The smallest absolute Gasteiger partial charge is 0.410 e. The van der Waals surface area contributed by atoms with Crippen LogP contribution in [0.4, 0.5) is 4.79 Å². The van der Waals surface area contributed by atoms with Crippen molar-refractivity contribution in [2.24, 2.45) is 0 Å². The number of nitrogens with zero attached hydrogens (tertiary/aromatic N) is 3. The summed E-state index contributed by atoms with van der Waals surface area (Å²) in [6.45, 7) is 11.2. The minimum absolute atomic E-state index is 0.00713. The summed E-state index contributed by atoms with van der Waals surface area (Å²) in [5.74, 6) is 1.46. The molecule has 1 amide bonds. The van der Waals surface area contributed by atoms with Crippen LogP contribution in [-0.2, 0) is 16.7 Å². The number of aromatic nitrogens is 1. The fraction of sp³-hybridized carbons (Fsp3) is 0.419. The maximum Gasteiger partial charge on any atom is 0.410 e. The van der Waals surface area contributed by atoms with E-state index in [-0.39, 0.29) is 29.3 Å². The zero-order valence-electron chi connectivity index (χ0n) is 22.7. The lowest BCUT2D eigenvalue weighted by molar-refractivity contribution is 0.104. The van der Waals surface area contributed by atoms with Gasteiger partial charge < -0.3 is 14.6 Å². The maximum absolute atomic E-state index is 12.6. The second kappa shape index (κ2) is 10.7. The van der Waals surface area contributed by atoms with E-state index in [0.717, 1.165) is 49.3 Å². The first-order chi connectivity index (χ1) is 18.2. The molecular formula is C31H37N3O4. The van der Waals surface area contributed by atoms with Crippen LogP contribution < -0.4 is 4.74 Å². The van der Waals surface area contributed by atoms with Gasteiger partial charge in [0.05, 0.1) is 6.04 Å². The van der Waals surface area contributed by atoms with Crippen LogP contribution in [0.2, 0.25) is 0 Å². The Morgan fingerprint density at radius 3 is 2.47 bits per heavy atom. The number of pyridine rings is 1. The van der Waals surface area contributed by atoms with Gasteiger partial charge in [0.15, 0.2) is 0 Å². The molecule has 1 unspecified atom stereocenters. The van der Waals surface area contributed by atoms with Crippen molar-refractivity contribution < 1.29 is 19.4 Å². The number of hydrogen-bond donors (Lipinski definition) is 1. The van der Waals surface area contributed by atoms with E-state index in [0.29, 0.717) is 18.2 Å². The van der Waals surface area contributed by atoms with Crippen molar-refractivity contribution in [1.29, 1.82) is 0 Å². The fourth-order valence-electron chi connectivity index (χ4n) is 5.46. The number of carbonyl (C=O) groups excluding carboxylic acids is 1. The summed E-state index contributed by atoms with van der Waals surface area (Å²) in [7, 11) is 0. The number of piperidine rings is 1. The average molecular weight is 516 g/mol. The highest BCUT2D eigenvalue weighted by Crippen LogP contribution is 2.35. The van der Waals surface area contributed by atoms with Gasteiger partial charge in [-0.05, 0) is 54.5 Å². The lowest BCUT2D eigenvalue weighted by Gasteiger charge is -2.38. The number of phenolic OH excluding ortho intramolecular Hbond substituents is 1. The predicted octanol–water partition coefficient (Wildman–Crippen LogP) is 6.34. The summed E-state index contributed by atoms with van der Waals surface area (Å²) in [4.78, 5) is 21.7. The summed E-state index contributed by atoms with van der Waals surface area (Å²) in [6, 6.07) is 19.6. The van der Waals surface area contributed by atoms with E-state index in [1.807, 2.05) is 42.2 Å². The molecule has 7 nitrogen and oxygen atoms in total. The van der Waals surface area contributed by atoms with Gasteiger partial charge in [0.1, 0.15) is 18.1 Å². The molecule has 2 saturated heterocycles. The van der Waals surface area contributed by atoms with Crippen LogP contribution in [0.1, 0.15) is 62.0 Å². The second-order valence-electron chi connectivity index (χ2n) is 11.3. The average Bonchev–Trinajstić information content (AvgIpc) is 3.28. The molecule has 0 bridgehead atoms. The highest BCUT2D eigenvalue weighted by atomic mass is 16.6. The molecule has 0 radical (unpaired) electrons. The van der Waals surface area contributed by atoms with E-state index >= 15 is 0 Å². The van der Waals surface area contributed by atoms with Crippen molar-refractivity contribution in [2.75, 3.05) is 19.7 Å². The van der Waals surface area contributed by atoms with Gasteiger partial charge >= 0.3 is 6.09 Å². The van der Waals surface area contributed by atoms with E-state index in [4.69, 9.17) is 14.5 Å². The number of cyclic esters (lactones) is 1. The third-order valence-corrected chi connectivity index (χ3v) is 7.61. The number of hydrogen-bond acceptors (Lipinski definition) is 6. The van der Waals surface area contributed by atoms with Crippen LogP contribution >= 0.6 is 0 Å². The zero-order chi connectivity index (χ0) is 26.9. The Kier molecular flexibility index (Phi) is 7.30. The van der Waals surface area contributed by atoms with E-state index in [1.165, 1.54) is 5.56 Å². The van der Waals surface area contributed by atoms with Gasteiger partial charge in [-0.2, -0.15) is 0 Å². The Balaban J connectivity index is 1.19. The fourth-order valence-corrected chi connectivity index (χ4v) is 5.46. The predicted molar refractivity (Wildman–Crippen MR) is 147 cm³/mol. The quantitative estimate of drug-likeness (QED) is 0.413. The Bertz CT molecular complexity index is 1280. The minimum Gasteiger partial charge on any atom is -0.508 e. The minimum atomic E-state index is -0.198. The number of ether oxygens (including phenoxy) is 2. The van der Waals surface area contributed by atoms with E-state index < -0.39 is 0 Å². The Morgan fingerprint density at radius 1 is 1.05 bits per heavy atom. The molecule has 200 valence electrons. The normalized spacial score (nSPS) is 19.0. The summed E-state index contributed by atoms with van der Waals surface area (Å²) in [6.07, 6.45) is 1.64. The van der Waals surface area contributed by atoms with Crippen molar-refractivity contribution in [2.45, 2.75) is 64.6 Å². The summed E-state index contributed by atoms with van der Waals surface area (Å²) >= 11 is 0. The highest BCUT2D eigenvalue weighted by molar-refractivity contribution is 5.71. The monoisotopic (exact) mass is 515 g/mol. The topological polar surface area (TPSA) is 75.1 Å². The molecule has 2 aromatic carbocycles. The number of benzene rings is 2. The molecule has 2 aliphatic rings. The van der Waals surface area contributed by atoms with Crippen molar-refractivity contribution in [3.63, 3.8) is 0 Å². The molecule has 38 heavy (non-hydrogen) atoms. The van der Waals surface area contributed by atoms with Gasteiger partial charge in [-0.25, -0.2) is 9.78 Å². The van der Waals surface area contributed by atoms with Crippen LogP contribution in [0.15, 0.2) is 60.7 Å². The van der Waals surface area contributed by atoms with Gasteiger partial charge in [0.2, 0.25) is 5.88 Å². The molecule has 0 spiro atoms. The number of carbonyl (C=O) groups is 1. The first-order valence-corrected chi connectivity index (χ1v) is 13.4. The largest absolute Gasteiger partial charge is 0.508 e. The number of rotatable bonds is 6. The Hall–Kier alpha value is -3.58. The number of phenols is 1. The van der Waals surface area contributed by atoms with E-state index in [2.05, 4.69) is 43.9 Å². The molecule has 2 aliphatic heterocycles. The van der Waals surface area contributed by atoms with Gasteiger partial charge in [0, 0.05) is 43.0 Å². The van der Waals surface area contributed by atoms with Crippen LogP contribution in [0.5, 0.6) is 17.4 Å². The van der Waals surface area contributed by atoms with Crippen LogP contribution in [0, 0.1) is 6.92 Å². The Labute approximate surface area is 225 Å². The highest BCUT2D eigenvalue weighted by Gasteiger charge is 2.40. The SMILES string of the molecule is Cc1nc(Oc2ccc(O)c(C(C)(C)C)c2)ccc1CN1CCC(N2C(=O)OCC2c2ccccc2)CC1. The third kappa shape index (κ3) is 5.63. The molecule has 1 atom stereocenters. The first kappa shape index (κ1) is 26.0. The lowest BCUT2D eigenvalue weighted by atomic mass is 9.86. The zero-order valence-corrected chi connectivity index (χ0v) is 22.7. The molecule has 2 fully saturated rings. The second-order valence-corrected chi connectivity index (χ2v) is 11.3. The van der Waals surface area contributed by atoms with Crippen molar-refractivity contribution in [1.82, 2.24) is 14.8 Å². The molecule has 3 heterocycles. The van der Waals surface area contributed by atoms with Gasteiger partial charge in [-0.3, -0.25) is 9.80 Å². The van der Waals surface area contributed by atoms with Gasteiger partial charge in [0.25, 0.3) is 0 Å². The number of aromatic hydroxyl groups is 1. The molecule has 1 aromatic heterocycles. The van der Waals surface area contributed by atoms with Crippen molar-refractivity contribution >= 4 is 6.09 Å². The number of aryl methyl sites for hydroxylation is 1. The molecule has 1 N–H and O–H groups in total. The molecular weight excluding hydrogens is 478 g/mol. The molecule has 7 heteroatoms. The van der Waals surface area contributed by atoms with Crippen LogP contribution in [-0.4, -0.2) is 51.7 Å². The van der Waals surface area contributed by atoms with E-state index in [1.54, 1.807) is 12.1 Å². The third-order valence-electron chi connectivity index (χ3n) is 7.61. The lowest BCUT2D eigenvalue weighted by Crippen LogP contribution is -2.46. The molecule has 0 saturated carbocycles. The summed E-state index contributed by atoms with van der Waals surface area (Å²) < 4.78 is 11.5. The molecule has 5 rings (SSSR count). The van der Waals surface area contributed by atoms with Crippen molar-refractivity contribution in [3.8, 4) is 17.4 Å². The maximum atomic E-state index is 12.6. The summed E-state index contributed by atoms with van der Waals surface area (Å²) in [5, 5.41) is 10.2. The molecule has 3 aromatic rings. The standard InChI is InChI=1S/C31H37N3O4/c1-21-23(10-13-29(32-21)38-25-11-12-28(35)26(18-25)31(2,3)4)19-33-16-14-24(15-17-33)34-27(20-37-30(34)36)22-8-6-5-7-9-22/h5-13,18,24,27,35H,14-17,19-20H2,1-4H3. The number of likely N-dealkylation sites (tertiary alicyclic amines) is 1. The number of amides is 1.